The molecule has 1 unspecified atom stereocenters. The third kappa shape index (κ3) is 3.98. The van der Waals surface area contributed by atoms with Gasteiger partial charge in [-0.25, -0.2) is 0 Å². The molecule has 0 aromatic rings. The second-order valence-electron chi connectivity index (χ2n) is 6.28. The lowest BCUT2D eigenvalue weighted by Gasteiger charge is -2.36. The monoisotopic (exact) mass is 255 g/mol. The molecule has 0 bridgehead atoms. The van der Waals surface area contributed by atoms with E-state index in [1.165, 1.54) is 0 Å². The van der Waals surface area contributed by atoms with Crippen LogP contribution in [0.4, 0.5) is 0 Å². The number of hydrogen-bond donors (Lipinski definition) is 2. The largest absolute Gasteiger partial charge is 0.370 e. The Morgan fingerprint density at radius 2 is 1.78 bits per heavy atom. The van der Waals surface area contributed by atoms with Gasteiger partial charge in [-0.05, 0) is 24.2 Å². The minimum atomic E-state index is -0.467. The first kappa shape index (κ1) is 15.0. The quantitative estimate of drug-likeness (QED) is 0.768. The molecule has 2 amide bonds. The van der Waals surface area contributed by atoms with E-state index in [-0.39, 0.29) is 17.2 Å². The SMILES string of the molecule is CC(C)(C)C(N)C(=O)N1CCC(CC(N)=O)CC1. The molecular formula is C13H25N3O2. The van der Waals surface area contributed by atoms with Crippen LogP contribution in [0.3, 0.4) is 0 Å². The summed E-state index contributed by atoms with van der Waals surface area (Å²) in [5.41, 5.74) is 10.9. The molecular weight excluding hydrogens is 230 g/mol. The first-order valence-corrected chi connectivity index (χ1v) is 6.54. The number of hydrogen-bond acceptors (Lipinski definition) is 3. The van der Waals surface area contributed by atoms with E-state index in [4.69, 9.17) is 11.5 Å². The zero-order chi connectivity index (χ0) is 13.9. The Labute approximate surface area is 109 Å². The molecule has 1 fully saturated rings. The maximum absolute atomic E-state index is 12.2. The van der Waals surface area contributed by atoms with Crippen LogP contribution in [0.15, 0.2) is 0 Å². The lowest BCUT2D eigenvalue weighted by atomic mass is 9.85. The molecule has 0 radical (unpaired) electrons. The molecule has 4 N–H and O–H groups in total. The van der Waals surface area contributed by atoms with Crippen LogP contribution in [0.2, 0.25) is 0 Å². The molecule has 1 atom stereocenters. The molecule has 1 aliphatic heterocycles. The van der Waals surface area contributed by atoms with Crippen LogP contribution < -0.4 is 11.5 Å². The van der Waals surface area contributed by atoms with Crippen molar-refractivity contribution in [2.45, 2.75) is 46.1 Å². The van der Waals surface area contributed by atoms with Crippen molar-refractivity contribution in [1.82, 2.24) is 4.90 Å². The molecule has 0 aromatic heterocycles. The second kappa shape index (κ2) is 5.69. The number of primary amides is 1. The Morgan fingerprint density at radius 3 is 2.17 bits per heavy atom. The Hall–Kier alpha value is -1.10. The van der Waals surface area contributed by atoms with E-state index < -0.39 is 6.04 Å². The molecule has 18 heavy (non-hydrogen) atoms. The molecule has 5 nitrogen and oxygen atoms in total. The maximum atomic E-state index is 12.2. The van der Waals surface area contributed by atoms with E-state index in [2.05, 4.69) is 0 Å². The highest BCUT2D eigenvalue weighted by molar-refractivity contribution is 5.82. The zero-order valence-electron chi connectivity index (χ0n) is 11.6. The second-order valence-corrected chi connectivity index (χ2v) is 6.28. The predicted molar refractivity (Wildman–Crippen MR) is 70.5 cm³/mol. The molecule has 0 spiro atoms. The number of likely N-dealkylation sites (tertiary alicyclic amines) is 1. The highest BCUT2D eigenvalue weighted by Gasteiger charge is 2.33. The molecule has 1 heterocycles. The van der Waals surface area contributed by atoms with Crippen molar-refractivity contribution in [3.05, 3.63) is 0 Å². The van der Waals surface area contributed by atoms with Crippen LogP contribution in [0, 0.1) is 11.3 Å². The Balaban J connectivity index is 2.48. The summed E-state index contributed by atoms with van der Waals surface area (Å²) in [6, 6.07) is -0.467. The maximum Gasteiger partial charge on any atom is 0.240 e. The average Bonchev–Trinajstić information content (AvgIpc) is 2.26. The number of nitrogens with two attached hydrogens (primary N) is 2. The lowest BCUT2D eigenvalue weighted by molar-refractivity contribution is -0.136. The van der Waals surface area contributed by atoms with Crippen LogP contribution >= 0.6 is 0 Å². The molecule has 1 saturated heterocycles. The minimum absolute atomic E-state index is 0.0139. The number of rotatable bonds is 3. The standard InChI is InChI=1S/C13H25N3O2/c1-13(2,3)11(15)12(18)16-6-4-9(5-7-16)8-10(14)17/h9,11H,4-8,15H2,1-3H3,(H2,14,17). The van der Waals surface area contributed by atoms with Gasteiger partial charge in [0.1, 0.15) is 0 Å². The Bertz CT molecular complexity index is 315. The van der Waals surface area contributed by atoms with Gasteiger partial charge < -0.3 is 16.4 Å². The van der Waals surface area contributed by atoms with Crippen LogP contribution in [-0.4, -0.2) is 35.8 Å². The number of amides is 2. The van der Waals surface area contributed by atoms with Gasteiger partial charge in [0.25, 0.3) is 0 Å². The molecule has 0 aromatic carbocycles. The van der Waals surface area contributed by atoms with Gasteiger partial charge in [-0.3, -0.25) is 9.59 Å². The van der Waals surface area contributed by atoms with E-state index in [1.54, 1.807) is 0 Å². The Kier molecular flexibility index (Phi) is 4.73. The third-order valence-electron chi connectivity index (χ3n) is 3.62. The lowest BCUT2D eigenvalue weighted by Crippen LogP contribution is -2.52. The molecule has 5 heteroatoms. The Morgan fingerprint density at radius 1 is 1.28 bits per heavy atom. The summed E-state index contributed by atoms with van der Waals surface area (Å²) in [7, 11) is 0. The summed E-state index contributed by atoms with van der Waals surface area (Å²) in [6.45, 7) is 7.27. The van der Waals surface area contributed by atoms with Crippen molar-refractivity contribution in [3.8, 4) is 0 Å². The predicted octanol–water partition coefficient (Wildman–Crippen LogP) is 0.474. The van der Waals surface area contributed by atoms with Crippen molar-refractivity contribution in [2.24, 2.45) is 22.8 Å². The highest BCUT2D eigenvalue weighted by Crippen LogP contribution is 2.24. The average molecular weight is 255 g/mol. The van der Waals surface area contributed by atoms with Crippen molar-refractivity contribution in [3.63, 3.8) is 0 Å². The van der Waals surface area contributed by atoms with Crippen LogP contribution in [0.25, 0.3) is 0 Å². The van der Waals surface area contributed by atoms with Gasteiger partial charge in [0.05, 0.1) is 6.04 Å². The van der Waals surface area contributed by atoms with E-state index in [0.29, 0.717) is 25.4 Å². The van der Waals surface area contributed by atoms with Gasteiger partial charge in [-0.2, -0.15) is 0 Å². The van der Waals surface area contributed by atoms with E-state index in [0.717, 1.165) is 12.8 Å². The summed E-state index contributed by atoms with van der Waals surface area (Å²) >= 11 is 0. The summed E-state index contributed by atoms with van der Waals surface area (Å²) < 4.78 is 0. The fraction of sp³-hybridized carbons (Fsp3) is 0.846. The van der Waals surface area contributed by atoms with E-state index in [9.17, 15) is 9.59 Å². The highest BCUT2D eigenvalue weighted by atomic mass is 16.2. The molecule has 1 rings (SSSR count). The number of nitrogens with zero attached hydrogens (tertiary/aromatic N) is 1. The van der Waals surface area contributed by atoms with Gasteiger partial charge in [-0.15, -0.1) is 0 Å². The minimum Gasteiger partial charge on any atom is -0.370 e. The van der Waals surface area contributed by atoms with Crippen LogP contribution in [0.1, 0.15) is 40.0 Å². The van der Waals surface area contributed by atoms with Gasteiger partial charge in [-0.1, -0.05) is 20.8 Å². The van der Waals surface area contributed by atoms with Gasteiger partial charge in [0.15, 0.2) is 0 Å². The summed E-state index contributed by atoms with van der Waals surface area (Å²) in [6.07, 6.45) is 2.10. The van der Waals surface area contributed by atoms with E-state index in [1.807, 2.05) is 25.7 Å². The van der Waals surface area contributed by atoms with Crippen LogP contribution in [0.5, 0.6) is 0 Å². The van der Waals surface area contributed by atoms with Gasteiger partial charge in [0, 0.05) is 19.5 Å². The summed E-state index contributed by atoms with van der Waals surface area (Å²) in [4.78, 5) is 24.8. The van der Waals surface area contributed by atoms with Crippen LogP contribution in [-0.2, 0) is 9.59 Å². The number of piperidine rings is 1. The zero-order valence-corrected chi connectivity index (χ0v) is 11.6. The topological polar surface area (TPSA) is 89.4 Å². The molecule has 0 aliphatic carbocycles. The fourth-order valence-electron chi connectivity index (χ4n) is 2.21. The van der Waals surface area contributed by atoms with Crippen molar-refractivity contribution < 1.29 is 9.59 Å². The first-order chi connectivity index (χ1) is 8.21. The number of carbonyl (C=O) groups excluding carboxylic acids is 2. The fourth-order valence-corrected chi connectivity index (χ4v) is 2.21. The molecule has 1 aliphatic rings. The normalized spacial score (nSPS) is 19.7. The van der Waals surface area contributed by atoms with Gasteiger partial charge >= 0.3 is 0 Å². The third-order valence-corrected chi connectivity index (χ3v) is 3.62. The van der Waals surface area contributed by atoms with Crippen molar-refractivity contribution >= 4 is 11.8 Å². The number of carbonyl (C=O) groups is 2. The van der Waals surface area contributed by atoms with Crippen molar-refractivity contribution in [1.29, 1.82) is 0 Å². The summed E-state index contributed by atoms with van der Waals surface area (Å²) in [5, 5.41) is 0. The van der Waals surface area contributed by atoms with Gasteiger partial charge in [0.2, 0.25) is 11.8 Å². The molecule has 104 valence electrons. The van der Waals surface area contributed by atoms with Crippen molar-refractivity contribution in [2.75, 3.05) is 13.1 Å². The smallest absolute Gasteiger partial charge is 0.240 e. The first-order valence-electron chi connectivity index (χ1n) is 6.54. The van der Waals surface area contributed by atoms with E-state index >= 15 is 0 Å². The summed E-state index contributed by atoms with van der Waals surface area (Å²) in [5.74, 6) is 0.0728. The molecule has 0 saturated carbocycles.